The average molecular weight is 357 g/mol. The molecule has 24 heavy (non-hydrogen) atoms. The van der Waals surface area contributed by atoms with Gasteiger partial charge in [-0.3, -0.25) is 9.59 Å². The fraction of sp³-hybridized carbons (Fsp3) is 0.231. The highest BCUT2D eigenvalue weighted by atomic mass is 32.2. The van der Waals surface area contributed by atoms with Gasteiger partial charge in [-0.2, -0.15) is 13.5 Å². The Morgan fingerprint density at radius 2 is 2.04 bits per heavy atom. The number of nitrogen functional groups attached to an aromatic ring is 1. The fourth-order valence-corrected chi connectivity index (χ4v) is 2.27. The molecule has 1 aromatic carbocycles. The van der Waals surface area contributed by atoms with Gasteiger partial charge in [0.25, 0.3) is 5.56 Å². The summed E-state index contributed by atoms with van der Waals surface area (Å²) in [6, 6.07) is 5.45. The predicted octanol–water partition coefficient (Wildman–Crippen LogP) is 0.993. The molecular formula is C13H13F2N5O3S. The Balaban J connectivity index is 1.92. The molecule has 128 valence electrons. The van der Waals surface area contributed by atoms with Crippen LogP contribution in [0, 0.1) is 6.92 Å². The summed E-state index contributed by atoms with van der Waals surface area (Å²) in [5.74, 6) is 5.08. The van der Waals surface area contributed by atoms with Crippen molar-refractivity contribution >= 4 is 23.4 Å². The normalized spacial score (nSPS) is 10.7. The second-order valence-electron chi connectivity index (χ2n) is 4.48. The molecular weight excluding hydrogens is 344 g/mol. The Hall–Kier alpha value is -2.69. The van der Waals surface area contributed by atoms with Gasteiger partial charge in [0.1, 0.15) is 11.4 Å². The number of alkyl halides is 2. The van der Waals surface area contributed by atoms with E-state index in [1.54, 1.807) is 0 Å². The number of aromatic nitrogens is 3. The predicted molar refractivity (Wildman–Crippen MR) is 83.6 cm³/mol. The van der Waals surface area contributed by atoms with Crippen molar-refractivity contribution < 1.29 is 18.3 Å². The summed E-state index contributed by atoms with van der Waals surface area (Å²) in [6.45, 7) is -1.44. The summed E-state index contributed by atoms with van der Waals surface area (Å²) >= 11 is 0.937. The Bertz CT molecular complexity index is 782. The maximum Gasteiger partial charge on any atom is 0.387 e. The van der Waals surface area contributed by atoms with Crippen molar-refractivity contribution in [2.45, 2.75) is 18.7 Å². The lowest BCUT2D eigenvalue weighted by Gasteiger charge is -2.08. The summed E-state index contributed by atoms with van der Waals surface area (Å²) in [7, 11) is 0. The Kier molecular flexibility index (Phi) is 5.68. The SMILES string of the molecule is Cc1nnc(SCC(=O)Nc2ccc(OC(F)F)cc2)n(N)c1=O. The van der Waals surface area contributed by atoms with Crippen molar-refractivity contribution in [1.82, 2.24) is 14.9 Å². The molecule has 0 aliphatic carbocycles. The van der Waals surface area contributed by atoms with Gasteiger partial charge >= 0.3 is 6.61 Å². The van der Waals surface area contributed by atoms with Crippen LogP contribution in [0.2, 0.25) is 0 Å². The standard InChI is InChI=1S/C13H13F2N5O3S/c1-7-11(22)20(16)13(19-18-7)24-6-10(21)17-8-2-4-9(5-3-8)23-12(14)15/h2-5,12H,6,16H2,1H3,(H,17,21). The van der Waals surface area contributed by atoms with E-state index in [-0.39, 0.29) is 22.4 Å². The number of carbonyl (C=O) groups excluding carboxylic acids is 1. The van der Waals surface area contributed by atoms with E-state index < -0.39 is 18.1 Å². The minimum absolute atomic E-state index is 0.0144. The first-order chi connectivity index (χ1) is 11.4. The number of nitrogens with two attached hydrogens (primary N) is 1. The van der Waals surface area contributed by atoms with Crippen LogP contribution >= 0.6 is 11.8 Å². The number of amides is 1. The van der Waals surface area contributed by atoms with Crippen molar-refractivity contribution in [2.75, 3.05) is 16.9 Å². The van der Waals surface area contributed by atoms with Gasteiger partial charge in [-0.1, -0.05) is 11.8 Å². The number of nitrogens with one attached hydrogen (secondary N) is 1. The van der Waals surface area contributed by atoms with Crippen molar-refractivity contribution in [2.24, 2.45) is 0 Å². The number of benzene rings is 1. The number of aryl methyl sites for hydroxylation is 1. The lowest BCUT2D eigenvalue weighted by molar-refractivity contribution is -0.113. The van der Waals surface area contributed by atoms with Gasteiger partial charge < -0.3 is 15.9 Å². The van der Waals surface area contributed by atoms with Crippen LogP contribution in [0.5, 0.6) is 5.75 Å². The molecule has 2 aromatic rings. The molecule has 0 bridgehead atoms. The summed E-state index contributed by atoms with van der Waals surface area (Å²) < 4.78 is 29.1. The third-order valence-electron chi connectivity index (χ3n) is 2.72. The van der Waals surface area contributed by atoms with Gasteiger partial charge in [0.05, 0.1) is 5.75 Å². The van der Waals surface area contributed by atoms with E-state index in [0.717, 1.165) is 16.4 Å². The average Bonchev–Trinajstić information content (AvgIpc) is 2.53. The molecule has 0 atom stereocenters. The van der Waals surface area contributed by atoms with E-state index in [2.05, 4.69) is 20.3 Å². The number of thioether (sulfide) groups is 1. The van der Waals surface area contributed by atoms with Crippen LogP contribution in [0.4, 0.5) is 14.5 Å². The molecule has 1 heterocycles. The molecule has 0 saturated heterocycles. The largest absolute Gasteiger partial charge is 0.435 e. The molecule has 1 aromatic heterocycles. The molecule has 0 radical (unpaired) electrons. The molecule has 3 N–H and O–H groups in total. The number of halogens is 2. The minimum Gasteiger partial charge on any atom is -0.435 e. The monoisotopic (exact) mass is 357 g/mol. The van der Waals surface area contributed by atoms with Crippen molar-refractivity contribution in [1.29, 1.82) is 0 Å². The van der Waals surface area contributed by atoms with Crippen molar-refractivity contribution in [3.8, 4) is 5.75 Å². The van der Waals surface area contributed by atoms with E-state index in [4.69, 9.17) is 5.84 Å². The van der Waals surface area contributed by atoms with Gasteiger partial charge in [-0.05, 0) is 31.2 Å². The zero-order chi connectivity index (χ0) is 17.7. The number of hydrogen-bond donors (Lipinski definition) is 2. The second-order valence-corrected chi connectivity index (χ2v) is 5.43. The molecule has 0 aliphatic rings. The van der Waals surface area contributed by atoms with E-state index in [9.17, 15) is 18.4 Å². The highest BCUT2D eigenvalue weighted by molar-refractivity contribution is 7.99. The van der Waals surface area contributed by atoms with Crippen LogP contribution in [-0.4, -0.2) is 33.1 Å². The Labute approximate surface area is 139 Å². The molecule has 0 spiro atoms. The molecule has 11 heteroatoms. The van der Waals surface area contributed by atoms with E-state index in [1.165, 1.54) is 31.2 Å². The summed E-state index contributed by atoms with van der Waals surface area (Å²) in [6.07, 6.45) is 0. The third kappa shape index (κ3) is 4.65. The van der Waals surface area contributed by atoms with Crippen LogP contribution in [0.15, 0.2) is 34.2 Å². The fourth-order valence-electron chi connectivity index (χ4n) is 1.62. The minimum atomic E-state index is -2.91. The van der Waals surface area contributed by atoms with Gasteiger partial charge in [-0.25, -0.2) is 0 Å². The zero-order valence-electron chi connectivity index (χ0n) is 12.4. The molecule has 0 saturated carbocycles. The topological polar surface area (TPSA) is 112 Å². The molecule has 1 amide bonds. The maximum atomic E-state index is 12.0. The van der Waals surface area contributed by atoms with Crippen LogP contribution in [-0.2, 0) is 4.79 Å². The zero-order valence-corrected chi connectivity index (χ0v) is 13.2. The lowest BCUT2D eigenvalue weighted by Crippen LogP contribution is -2.32. The summed E-state index contributed by atoms with van der Waals surface area (Å²) in [5.41, 5.74) is 0.0577. The Morgan fingerprint density at radius 1 is 1.38 bits per heavy atom. The van der Waals surface area contributed by atoms with Gasteiger partial charge in [0.15, 0.2) is 0 Å². The number of rotatable bonds is 6. The number of hydrogen-bond acceptors (Lipinski definition) is 7. The molecule has 0 unspecified atom stereocenters. The number of carbonyl (C=O) groups is 1. The molecule has 0 fully saturated rings. The highest BCUT2D eigenvalue weighted by Crippen LogP contribution is 2.18. The first kappa shape index (κ1) is 17.7. The second kappa shape index (κ2) is 7.73. The van der Waals surface area contributed by atoms with Gasteiger partial charge in [0.2, 0.25) is 11.1 Å². The number of ether oxygens (including phenoxy) is 1. The van der Waals surface area contributed by atoms with Crippen LogP contribution in [0.3, 0.4) is 0 Å². The molecule has 2 rings (SSSR count). The molecule has 0 aliphatic heterocycles. The van der Waals surface area contributed by atoms with E-state index >= 15 is 0 Å². The Morgan fingerprint density at radius 3 is 2.67 bits per heavy atom. The van der Waals surface area contributed by atoms with E-state index in [1.807, 2.05) is 0 Å². The maximum absolute atomic E-state index is 12.0. The first-order valence-corrected chi connectivity index (χ1v) is 7.54. The van der Waals surface area contributed by atoms with Crippen LogP contribution in [0.25, 0.3) is 0 Å². The summed E-state index contributed by atoms with van der Waals surface area (Å²) in [4.78, 5) is 23.4. The number of nitrogens with zero attached hydrogens (tertiary/aromatic N) is 3. The first-order valence-electron chi connectivity index (χ1n) is 6.55. The molecule has 8 nitrogen and oxygen atoms in total. The van der Waals surface area contributed by atoms with Gasteiger partial charge in [-0.15, -0.1) is 10.2 Å². The highest BCUT2D eigenvalue weighted by Gasteiger charge is 2.11. The van der Waals surface area contributed by atoms with Crippen molar-refractivity contribution in [3.63, 3.8) is 0 Å². The van der Waals surface area contributed by atoms with Crippen molar-refractivity contribution in [3.05, 3.63) is 40.3 Å². The van der Waals surface area contributed by atoms with Gasteiger partial charge in [0, 0.05) is 5.69 Å². The quantitative estimate of drug-likeness (QED) is 0.586. The summed E-state index contributed by atoms with van der Waals surface area (Å²) in [5, 5.41) is 10.0. The number of anilines is 1. The van der Waals surface area contributed by atoms with Crippen LogP contribution < -0.4 is 21.5 Å². The lowest BCUT2D eigenvalue weighted by atomic mass is 10.3. The van der Waals surface area contributed by atoms with Crippen LogP contribution in [0.1, 0.15) is 5.69 Å². The smallest absolute Gasteiger partial charge is 0.387 e. The van der Waals surface area contributed by atoms with E-state index in [0.29, 0.717) is 5.69 Å². The third-order valence-corrected chi connectivity index (χ3v) is 3.66.